The fourth-order valence-electron chi connectivity index (χ4n) is 4.83. The van der Waals surface area contributed by atoms with Crippen molar-refractivity contribution >= 4 is 17.5 Å². The van der Waals surface area contributed by atoms with Crippen molar-refractivity contribution in [3.8, 4) is 0 Å². The first-order valence-electron chi connectivity index (χ1n) is 8.92. The first-order valence-corrected chi connectivity index (χ1v) is 8.92. The molecule has 2 fully saturated rings. The van der Waals surface area contributed by atoms with Gasteiger partial charge in [-0.2, -0.15) is 0 Å². The van der Waals surface area contributed by atoms with Crippen molar-refractivity contribution in [3.05, 3.63) is 77.9 Å². The molecule has 2 amide bonds. The zero-order valence-electron chi connectivity index (χ0n) is 13.8. The van der Waals surface area contributed by atoms with Gasteiger partial charge in [-0.15, -0.1) is 0 Å². The second-order valence-corrected chi connectivity index (χ2v) is 7.30. The lowest BCUT2D eigenvalue weighted by atomic mass is 9.85. The van der Waals surface area contributed by atoms with Crippen molar-refractivity contribution in [3.63, 3.8) is 0 Å². The van der Waals surface area contributed by atoms with Crippen molar-refractivity contribution in [1.82, 2.24) is 0 Å². The Labute approximate surface area is 147 Å². The van der Waals surface area contributed by atoms with Crippen molar-refractivity contribution in [2.24, 2.45) is 23.7 Å². The van der Waals surface area contributed by atoms with Crippen molar-refractivity contribution in [2.75, 3.05) is 4.90 Å². The smallest absolute Gasteiger partial charge is 0.238 e. The van der Waals surface area contributed by atoms with Gasteiger partial charge in [0.1, 0.15) is 0 Å². The van der Waals surface area contributed by atoms with Crippen LogP contribution in [-0.2, 0) is 16.0 Å². The standard InChI is InChI=1S/C22H19NO2/c24-21-19-16-10-11-17(13-16)20(19)22(25)23(21)18-9-5-4-8-15(18)12-14-6-2-1-3-7-14/h1-11,16-17,19-20H,12-13H2/t16-,17+,19-,20-/m0/s1. The molecule has 25 heavy (non-hydrogen) atoms. The number of nitrogens with zero attached hydrogens (tertiary/aromatic N) is 1. The van der Waals surface area contributed by atoms with Gasteiger partial charge in [-0.05, 0) is 41.9 Å². The summed E-state index contributed by atoms with van der Waals surface area (Å²) in [6.45, 7) is 0. The number of allylic oxidation sites excluding steroid dienone is 2. The number of carbonyl (C=O) groups is 2. The summed E-state index contributed by atoms with van der Waals surface area (Å²) in [6, 6.07) is 18.0. The number of hydrogen-bond acceptors (Lipinski definition) is 2. The molecular formula is C22H19NO2. The molecular weight excluding hydrogens is 310 g/mol. The van der Waals surface area contributed by atoms with E-state index >= 15 is 0 Å². The SMILES string of the molecule is O=C1[C@@H]2[C@@H](C(=O)N1c1ccccc1Cc1ccccc1)[C@H]1C=C[C@@H]2C1. The normalized spacial score (nSPS) is 29.5. The maximum absolute atomic E-state index is 13.1. The number of imide groups is 1. The largest absolute Gasteiger partial charge is 0.274 e. The average molecular weight is 329 g/mol. The molecule has 1 saturated carbocycles. The minimum absolute atomic E-state index is 0.00707. The molecule has 2 bridgehead atoms. The van der Waals surface area contributed by atoms with E-state index in [1.54, 1.807) is 0 Å². The Morgan fingerprint density at radius 1 is 0.800 bits per heavy atom. The Morgan fingerprint density at radius 2 is 1.40 bits per heavy atom. The number of para-hydroxylation sites is 1. The highest BCUT2D eigenvalue weighted by molar-refractivity contribution is 6.23. The fraction of sp³-hybridized carbons (Fsp3) is 0.273. The third kappa shape index (κ3) is 2.12. The number of rotatable bonds is 3. The van der Waals surface area contributed by atoms with E-state index in [0.717, 1.165) is 17.7 Å². The van der Waals surface area contributed by atoms with E-state index in [-0.39, 0.29) is 35.5 Å². The molecule has 2 aromatic rings. The van der Waals surface area contributed by atoms with Crippen LogP contribution in [-0.4, -0.2) is 11.8 Å². The average Bonchev–Trinajstić information content (AvgIpc) is 3.31. The van der Waals surface area contributed by atoms with Gasteiger partial charge in [0.25, 0.3) is 0 Å². The van der Waals surface area contributed by atoms with E-state index in [9.17, 15) is 9.59 Å². The second-order valence-electron chi connectivity index (χ2n) is 7.30. The molecule has 0 aromatic heterocycles. The van der Waals surface area contributed by atoms with Crippen LogP contribution in [0.15, 0.2) is 66.7 Å². The third-order valence-corrected chi connectivity index (χ3v) is 5.94. The lowest BCUT2D eigenvalue weighted by Crippen LogP contribution is -2.33. The van der Waals surface area contributed by atoms with Crippen LogP contribution in [0, 0.1) is 23.7 Å². The van der Waals surface area contributed by atoms with E-state index in [4.69, 9.17) is 0 Å². The molecule has 1 saturated heterocycles. The number of amides is 2. The Morgan fingerprint density at radius 3 is 2.08 bits per heavy atom. The van der Waals surface area contributed by atoms with E-state index in [2.05, 4.69) is 24.3 Å². The summed E-state index contributed by atoms with van der Waals surface area (Å²) in [5.74, 6) is 0.190. The molecule has 4 atom stereocenters. The van der Waals surface area contributed by atoms with E-state index in [1.165, 1.54) is 10.5 Å². The first kappa shape index (κ1) is 14.6. The van der Waals surface area contributed by atoms with Gasteiger partial charge >= 0.3 is 0 Å². The number of hydrogen-bond donors (Lipinski definition) is 0. The van der Waals surface area contributed by atoms with Crippen LogP contribution in [0.4, 0.5) is 5.69 Å². The third-order valence-electron chi connectivity index (χ3n) is 5.94. The van der Waals surface area contributed by atoms with E-state index in [0.29, 0.717) is 6.42 Å². The predicted molar refractivity (Wildman–Crippen MR) is 95.9 cm³/mol. The topological polar surface area (TPSA) is 37.4 Å². The zero-order chi connectivity index (χ0) is 17.0. The molecule has 3 aliphatic rings. The fourth-order valence-corrected chi connectivity index (χ4v) is 4.83. The molecule has 1 aliphatic heterocycles. The number of benzene rings is 2. The minimum Gasteiger partial charge on any atom is -0.274 e. The van der Waals surface area contributed by atoms with Gasteiger partial charge in [0, 0.05) is 0 Å². The van der Waals surface area contributed by atoms with Crippen LogP contribution in [0.3, 0.4) is 0 Å². The van der Waals surface area contributed by atoms with E-state index < -0.39 is 0 Å². The molecule has 1 heterocycles. The van der Waals surface area contributed by atoms with Gasteiger partial charge in [0.15, 0.2) is 0 Å². The maximum Gasteiger partial charge on any atom is 0.238 e. The summed E-state index contributed by atoms with van der Waals surface area (Å²) in [4.78, 5) is 27.6. The highest BCUT2D eigenvalue weighted by Crippen LogP contribution is 2.53. The summed E-state index contributed by atoms with van der Waals surface area (Å²) >= 11 is 0. The lowest BCUT2D eigenvalue weighted by Gasteiger charge is -2.20. The minimum atomic E-state index is -0.146. The van der Waals surface area contributed by atoms with Crippen LogP contribution < -0.4 is 4.90 Å². The molecule has 2 aliphatic carbocycles. The van der Waals surface area contributed by atoms with Gasteiger partial charge in [-0.25, -0.2) is 4.90 Å². The summed E-state index contributed by atoms with van der Waals surface area (Å²) in [5.41, 5.74) is 2.96. The van der Waals surface area contributed by atoms with Gasteiger partial charge in [0.2, 0.25) is 11.8 Å². The predicted octanol–water partition coefficient (Wildman–Crippen LogP) is 3.59. The molecule has 0 N–H and O–H groups in total. The number of anilines is 1. The first-order chi connectivity index (χ1) is 12.2. The molecule has 2 aromatic carbocycles. The highest BCUT2D eigenvalue weighted by Gasteiger charge is 2.59. The van der Waals surface area contributed by atoms with Crippen LogP contribution in [0.2, 0.25) is 0 Å². The van der Waals surface area contributed by atoms with Gasteiger partial charge < -0.3 is 0 Å². The molecule has 0 radical (unpaired) electrons. The lowest BCUT2D eigenvalue weighted by molar-refractivity contribution is -0.123. The Hall–Kier alpha value is -2.68. The molecule has 3 heteroatoms. The maximum atomic E-state index is 13.1. The van der Waals surface area contributed by atoms with Gasteiger partial charge in [-0.1, -0.05) is 60.7 Å². The quantitative estimate of drug-likeness (QED) is 0.637. The monoisotopic (exact) mass is 329 g/mol. The van der Waals surface area contributed by atoms with Gasteiger partial charge in [0.05, 0.1) is 17.5 Å². The Bertz CT molecular complexity index is 856. The summed E-state index contributed by atoms with van der Waals surface area (Å²) in [5, 5.41) is 0. The summed E-state index contributed by atoms with van der Waals surface area (Å²) in [7, 11) is 0. The summed E-state index contributed by atoms with van der Waals surface area (Å²) < 4.78 is 0. The second kappa shape index (κ2) is 5.41. The molecule has 0 unspecified atom stereocenters. The molecule has 124 valence electrons. The molecule has 3 nitrogen and oxygen atoms in total. The Balaban J connectivity index is 1.52. The van der Waals surface area contributed by atoms with Crippen LogP contribution in [0.1, 0.15) is 17.5 Å². The van der Waals surface area contributed by atoms with Crippen LogP contribution in [0.5, 0.6) is 0 Å². The van der Waals surface area contributed by atoms with Crippen molar-refractivity contribution in [1.29, 1.82) is 0 Å². The molecule has 5 rings (SSSR count). The van der Waals surface area contributed by atoms with E-state index in [1.807, 2.05) is 42.5 Å². The van der Waals surface area contributed by atoms with Gasteiger partial charge in [-0.3, -0.25) is 9.59 Å². The Kier molecular flexibility index (Phi) is 3.17. The number of fused-ring (bicyclic) bond motifs is 5. The van der Waals surface area contributed by atoms with Crippen molar-refractivity contribution in [2.45, 2.75) is 12.8 Å². The highest BCUT2D eigenvalue weighted by atomic mass is 16.2. The number of carbonyl (C=O) groups excluding carboxylic acids is 2. The zero-order valence-corrected chi connectivity index (χ0v) is 13.8. The summed E-state index contributed by atoms with van der Waals surface area (Å²) in [6.07, 6.45) is 5.95. The van der Waals surface area contributed by atoms with Crippen LogP contribution >= 0.6 is 0 Å². The van der Waals surface area contributed by atoms with Crippen LogP contribution in [0.25, 0.3) is 0 Å². The van der Waals surface area contributed by atoms with Crippen molar-refractivity contribution < 1.29 is 9.59 Å². The molecule has 0 spiro atoms.